The van der Waals surface area contributed by atoms with E-state index in [2.05, 4.69) is 15.3 Å². The average molecular weight is 358 g/mol. The normalized spacial score (nSPS) is 20.2. The maximum atomic E-state index is 12.3. The minimum absolute atomic E-state index is 0.104. The standard InChI is InChI=1S/C18H22N4O4/c23-14-9-12(10-14)15(11-13-3-1-2-6-19-13)20-16(24)4-7-22-8-5-17(25)21-18(22)26/h1-3,5-6,8,12,14-15,23H,4,7,9-11H2,(H,20,24)(H,21,25,26)/t12?,14?,15-/m1/s1. The first-order valence-electron chi connectivity index (χ1n) is 8.68. The van der Waals surface area contributed by atoms with Crippen LogP contribution in [-0.2, 0) is 17.8 Å². The summed E-state index contributed by atoms with van der Waals surface area (Å²) in [6.07, 6.45) is 4.84. The third kappa shape index (κ3) is 4.66. The molecule has 0 radical (unpaired) electrons. The molecule has 26 heavy (non-hydrogen) atoms. The molecule has 8 heteroatoms. The van der Waals surface area contributed by atoms with Crippen molar-refractivity contribution in [3.8, 4) is 0 Å². The number of amides is 1. The van der Waals surface area contributed by atoms with Gasteiger partial charge in [0.15, 0.2) is 0 Å². The molecule has 2 aromatic rings. The second-order valence-corrected chi connectivity index (χ2v) is 6.64. The van der Waals surface area contributed by atoms with E-state index < -0.39 is 11.2 Å². The van der Waals surface area contributed by atoms with Crippen LogP contribution in [0.1, 0.15) is 25.0 Å². The number of nitrogens with zero attached hydrogens (tertiary/aromatic N) is 2. The molecule has 0 saturated heterocycles. The number of aromatic amines is 1. The number of rotatable bonds is 7. The largest absolute Gasteiger partial charge is 0.393 e. The second kappa shape index (κ2) is 8.09. The van der Waals surface area contributed by atoms with Gasteiger partial charge in [-0.15, -0.1) is 0 Å². The number of carbonyl (C=O) groups is 1. The van der Waals surface area contributed by atoms with Gasteiger partial charge < -0.3 is 15.0 Å². The molecule has 0 aromatic carbocycles. The highest BCUT2D eigenvalue weighted by Gasteiger charge is 2.34. The van der Waals surface area contributed by atoms with Gasteiger partial charge in [0.25, 0.3) is 5.56 Å². The molecule has 2 aromatic heterocycles. The highest BCUT2D eigenvalue weighted by atomic mass is 16.3. The fourth-order valence-electron chi connectivity index (χ4n) is 3.16. The van der Waals surface area contributed by atoms with Crippen molar-refractivity contribution >= 4 is 5.91 Å². The summed E-state index contributed by atoms with van der Waals surface area (Å²) in [4.78, 5) is 41.5. The Labute approximate surface area is 149 Å². The molecule has 1 aliphatic rings. The van der Waals surface area contributed by atoms with Crippen LogP contribution in [0.3, 0.4) is 0 Å². The Morgan fingerprint density at radius 1 is 1.35 bits per heavy atom. The quantitative estimate of drug-likeness (QED) is 0.635. The number of aryl methyl sites for hydroxylation is 1. The number of hydrogen-bond donors (Lipinski definition) is 3. The van der Waals surface area contributed by atoms with E-state index in [4.69, 9.17) is 0 Å². The third-order valence-corrected chi connectivity index (χ3v) is 4.70. The molecular formula is C18H22N4O4. The topological polar surface area (TPSA) is 117 Å². The molecule has 1 fully saturated rings. The minimum atomic E-state index is -0.530. The van der Waals surface area contributed by atoms with Gasteiger partial charge in [-0.3, -0.25) is 19.6 Å². The Kier molecular flexibility index (Phi) is 5.62. The SMILES string of the molecule is O=C(CCn1ccc(=O)[nH]c1=O)N[C@H](Cc1ccccn1)C1CC(O)C1. The number of nitrogens with one attached hydrogen (secondary N) is 2. The van der Waals surface area contributed by atoms with E-state index in [-0.39, 0.29) is 36.9 Å². The number of carbonyl (C=O) groups excluding carboxylic acids is 1. The van der Waals surface area contributed by atoms with Crippen LogP contribution in [-0.4, -0.2) is 37.7 Å². The van der Waals surface area contributed by atoms with E-state index in [0.29, 0.717) is 19.3 Å². The van der Waals surface area contributed by atoms with Crippen molar-refractivity contribution in [2.75, 3.05) is 0 Å². The molecule has 0 spiro atoms. The summed E-state index contributed by atoms with van der Waals surface area (Å²) in [5, 5.41) is 12.6. The van der Waals surface area contributed by atoms with Crippen LogP contribution >= 0.6 is 0 Å². The van der Waals surface area contributed by atoms with Crippen LogP contribution in [0.5, 0.6) is 0 Å². The third-order valence-electron chi connectivity index (χ3n) is 4.70. The summed E-state index contributed by atoms with van der Waals surface area (Å²) in [5.41, 5.74) is -0.108. The first-order chi connectivity index (χ1) is 12.5. The van der Waals surface area contributed by atoms with Crippen LogP contribution in [0.25, 0.3) is 0 Å². The van der Waals surface area contributed by atoms with E-state index >= 15 is 0 Å². The molecule has 2 heterocycles. The molecule has 1 amide bonds. The molecule has 1 aliphatic carbocycles. The Hall–Kier alpha value is -2.74. The Balaban J connectivity index is 1.59. The molecule has 1 atom stereocenters. The van der Waals surface area contributed by atoms with E-state index in [9.17, 15) is 19.5 Å². The maximum absolute atomic E-state index is 12.3. The smallest absolute Gasteiger partial charge is 0.328 e. The van der Waals surface area contributed by atoms with E-state index in [0.717, 1.165) is 5.69 Å². The zero-order chi connectivity index (χ0) is 18.5. The van der Waals surface area contributed by atoms with Gasteiger partial charge in [0.05, 0.1) is 6.10 Å². The molecular weight excluding hydrogens is 336 g/mol. The summed E-state index contributed by atoms with van der Waals surface area (Å²) < 4.78 is 1.29. The van der Waals surface area contributed by atoms with Crippen molar-refractivity contribution in [1.82, 2.24) is 19.9 Å². The summed E-state index contributed by atoms with van der Waals surface area (Å²) >= 11 is 0. The predicted octanol–water partition coefficient (Wildman–Crippen LogP) is -0.180. The van der Waals surface area contributed by atoms with Gasteiger partial charge in [0, 0.05) is 49.6 Å². The fraction of sp³-hybridized carbons (Fsp3) is 0.444. The molecule has 138 valence electrons. The number of aliphatic hydroxyl groups is 1. The lowest BCUT2D eigenvalue weighted by molar-refractivity contribution is -0.123. The molecule has 0 bridgehead atoms. The van der Waals surface area contributed by atoms with Crippen molar-refractivity contribution in [3.05, 3.63) is 63.2 Å². The second-order valence-electron chi connectivity index (χ2n) is 6.64. The highest BCUT2D eigenvalue weighted by Crippen LogP contribution is 2.31. The molecule has 1 saturated carbocycles. The molecule has 3 rings (SSSR count). The van der Waals surface area contributed by atoms with E-state index in [1.165, 1.54) is 16.8 Å². The Bertz CT molecular complexity index is 855. The van der Waals surface area contributed by atoms with E-state index in [1.54, 1.807) is 6.20 Å². The molecule has 8 nitrogen and oxygen atoms in total. The monoisotopic (exact) mass is 358 g/mol. The number of H-pyrrole nitrogens is 1. The summed E-state index contributed by atoms with van der Waals surface area (Å²) in [5.74, 6) is 0.0391. The molecule has 0 aliphatic heterocycles. The van der Waals surface area contributed by atoms with Gasteiger partial charge in [0.1, 0.15) is 0 Å². The van der Waals surface area contributed by atoms with Crippen LogP contribution in [0, 0.1) is 5.92 Å². The van der Waals surface area contributed by atoms with Gasteiger partial charge in [-0.1, -0.05) is 6.07 Å². The molecule has 0 unspecified atom stereocenters. The maximum Gasteiger partial charge on any atom is 0.328 e. The number of hydrogen-bond acceptors (Lipinski definition) is 5. The Morgan fingerprint density at radius 3 is 2.81 bits per heavy atom. The van der Waals surface area contributed by atoms with Crippen molar-refractivity contribution in [2.45, 2.75) is 44.4 Å². The highest BCUT2D eigenvalue weighted by molar-refractivity contribution is 5.76. The van der Waals surface area contributed by atoms with Crippen molar-refractivity contribution < 1.29 is 9.90 Å². The van der Waals surface area contributed by atoms with Crippen molar-refractivity contribution in [3.63, 3.8) is 0 Å². The van der Waals surface area contributed by atoms with Crippen molar-refractivity contribution in [1.29, 1.82) is 0 Å². The summed E-state index contributed by atoms with van der Waals surface area (Å²) in [6.45, 7) is 0.186. The minimum Gasteiger partial charge on any atom is -0.393 e. The van der Waals surface area contributed by atoms with E-state index in [1.807, 2.05) is 18.2 Å². The zero-order valence-corrected chi connectivity index (χ0v) is 14.3. The van der Waals surface area contributed by atoms with Crippen LogP contribution in [0.4, 0.5) is 0 Å². The first-order valence-corrected chi connectivity index (χ1v) is 8.68. The number of aliphatic hydroxyl groups excluding tert-OH is 1. The lowest BCUT2D eigenvalue weighted by atomic mass is 9.76. The van der Waals surface area contributed by atoms with Crippen LogP contribution < -0.4 is 16.6 Å². The lowest BCUT2D eigenvalue weighted by Gasteiger charge is -2.38. The fourth-order valence-corrected chi connectivity index (χ4v) is 3.16. The summed E-state index contributed by atoms with van der Waals surface area (Å²) in [6, 6.07) is 6.80. The number of aromatic nitrogens is 3. The number of pyridine rings is 1. The molecule has 3 N–H and O–H groups in total. The van der Waals surface area contributed by atoms with Gasteiger partial charge >= 0.3 is 5.69 Å². The first kappa shape index (κ1) is 18.1. The predicted molar refractivity (Wildman–Crippen MR) is 94.5 cm³/mol. The van der Waals surface area contributed by atoms with Crippen LogP contribution in [0.2, 0.25) is 0 Å². The van der Waals surface area contributed by atoms with Gasteiger partial charge in [-0.25, -0.2) is 4.79 Å². The van der Waals surface area contributed by atoms with Gasteiger partial charge in [-0.2, -0.15) is 0 Å². The Morgan fingerprint density at radius 2 is 2.15 bits per heavy atom. The van der Waals surface area contributed by atoms with Crippen molar-refractivity contribution in [2.24, 2.45) is 5.92 Å². The summed E-state index contributed by atoms with van der Waals surface area (Å²) in [7, 11) is 0. The lowest BCUT2D eigenvalue weighted by Crippen LogP contribution is -2.48. The zero-order valence-electron chi connectivity index (χ0n) is 14.3. The average Bonchev–Trinajstić information content (AvgIpc) is 2.58. The van der Waals surface area contributed by atoms with Gasteiger partial charge in [-0.05, 0) is 30.9 Å². The van der Waals surface area contributed by atoms with Crippen LogP contribution in [0.15, 0.2) is 46.2 Å². The van der Waals surface area contributed by atoms with Gasteiger partial charge in [0.2, 0.25) is 5.91 Å².